The maximum atomic E-state index is 13.5. The fourth-order valence-corrected chi connectivity index (χ4v) is 2.81. The molecule has 4 nitrogen and oxygen atoms in total. The molecule has 0 saturated carbocycles. The van der Waals surface area contributed by atoms with Crippen molar-refractivity contribution < 1.29 is 17.6 Å². The zero-order valence-electron chi connectivity index (χ0n) is 13.4. The minimum atomic E-state index is -4.73. The van der Waals surface area contributed by atoms with Crippen LogP contribution in [-0.4, -0.2) is 9.78 Å². The lowest BCUT2D eigenvalue weighted by Gasteiger charge is -2.13. The number of rotatable bonds is 3. The van der Waals surface area contributed by atoms with Crippen LogP contribution in [0.1, 0.15) is 5.69 Å². The predicted octanol–water partition coefficient (Wildman–Crippen LogP) is 5.22. The van der Waals surface area contributed by atoms with Crippen LogP contribution in [0.5, 0.6) is 0 Å². The second-order valence-corrected chi connectivity index (χ2v) is 5.94. The van der Waals surface area contributed by atoms with Gasteiger partial charge in [0.05, 0.1) is 22.0 Å². The van der Waals surface area contributed by atoms with Gasteiger partial charge in [0.25, 0.3) is 0 Å². The Bertz CT molecular complexity index is 966. The molecule has 0 aliphatic rings. The summed E-state index contributed by atoms with van der Waals surface area (Å²) in [5.74, 6) is -0.623. The zero-order chi connectivity index (χ0) is 19.1. The molecule has 0 aliphatic heterocycles. The Morgan fingerprint density at radius 2 is 1.85 bits per heavy atom. The number of hydrogen-bond donors (Lipinski definition) is 2. The first-order valence-corrected chi connectivity index (χ1v) is 7.77. The Labute approximate surface area is 151 Å². The zero-order valence-corrected chi connectivity index (χ0v) is 14.2. The van der Waals surface area contributed by atoms with E-state index in [-0.39, 0.29) is 22.0 Å². The molecule has 0 aliphatic carbocycles. The number of nitrogens with two attached hydrogens (primary N) is 1. The molecule has 0 saturated heterocycles. The van der Waals surface area contributed by atoms with E-state index >= 15 is 0 Å². The molecular weight excluding hydrogens is 372 g/mol. The lowest BCUT2D eigenvalue weighted by molar-refractivity contribution is -0.140. The number of halogens is 5. The van der Waals surface area contributed by atoms with Gasteiger partial charge in [-0.1, -0.05) is 23.7 Å². The van der Waals surface area contributed by atoms with Gasteiger partial charge in [0.15, 0.2) is 5.69 Å². The molecule has 0 spiro atoms. The Morgan fingerprint density at radius 1 is 1.15 bits per heavy atom. The lowest BCUT2D eigenvalue weighted by Crippen LogP contribution is -2.08. The number of aromatic nitrogens is 2. The van der Waals surface area contributed by atoms with Gasteiger partial charge in [-0.05, 0) is 30.3 Å². The topological polar surface area (TPSA) is 55.9 Å². The van der Waals surface area contributed by atoms with E-state index in [0.29, 0.717) is 11.4 Å². The molecule has 2 aromatic carbocycles. The van der Waals surface area contributed by atoms with E-state index < -0.39 is 17.7 Å². The third-order valence-electron chi connectivity index (χ3n) is 3.73. The van der Waals surface area contributed by atoms with Crippen LogP contribution >= 0.6 is 11.6 Å². The van der Waals surface area contributed by atoms with Crippen molar-refractivity contribution in [2.24, 2.45) is 7.05 Å². The monoisotopic (exact) mass is 384 g/mol. The second kappa shape index (κ2) is 6.53. The highest BCUT2D eigenvalue weighted by Crippen LogP contribution is 2.44. The van der Waals surface area contributed by atoms with E-state index in [4.69, 9.17) is 17.3 Å². The highest BCUT2D eigenvalue weighted by atomic mass is 35.5. The van der Waals surface area contributed by atoms with Crippen molar-refractivity contribution in [2.75, 3.05) is 11.1 Å². The molecule has 0 amide bonds. The van der Waals surface area contributed by atoms with Crippen LogP contribution in [0, 0.1) is 5.82 Å². The van der Waals surface area contributed by atoms with Crippen LogP contribution < -0.4 is 11.1 Å². The van der Waals surface area contributed by atoms with Gasteiger partial charge in [0, 0.05) is 12.6 Å². The number of hydrogen-bond acceptors (Lipinski definition) is 3. The Hall–Kier alpha value is -2.74. The first-order chi connectivity index (χ1) is 12.2. The van der Waals surface area contributed by atoms with Gasteiger partial charge in [-0.2, -0.15) is 18.3 Å². The third-order valence-corrected chi connectivity index (χ3v) is 4.04. The Balaban J connectivity index is 2.24. The summed E-state index contributed by atoms with van der Waals surface area (Å²) < 4.78 is 54.9. The smallest absolute Gasteiger partial charge is 0.397 e. The largest absolute Gasteiger partial charge is 0.435 e. The first-order valence-electron chi connectivity index (χ1n) is 7.39. The molecular formula is C17H13ClF4N4. The summed E-state index contributed by atoms with van der Waals surface area (Å²) in [6.45, 7) is 0. The fourth-order valence-electron chi connectivity index (χ4n) is 2.55. The summed E-state index contributed by atoms with van der Waals surface area (Å²) in [4.78, 5) is 0. The van der Waals surface area contributed by atoms with Crippen molar-refractivity contribution >= 4 is 28.8 Å². The predicted molar refractivity (Wildman–Crippen MR) is 92.8 cm³/mol. The Morgan fingerprint density at radius 3 is 2.46 bits per heavy atom. The normalized spacial score (nSPS) is 11.6. The van der Waals surface area contributed by atoms with Crippen LogP contribution in [0.25, 0.3) is 11.1 Å². The number of nitrogen functional groups attached to an aromatic ring is 1. The average Bonchev–Trinajstić information content (AvgIpc) is 2.87. The highest BCUT2D eigenvalue weighted by Gasteiger charge is 2.40. The standard InChI is InChI=1S/C17H13ClF4N4/c1-26-16(24-13-5-3-2-4-12(13)23)14(15(25-26)17(20,21)22)10-7-6-9(19)8-11(10)18/h2-8,24H,23H2,1H3. The minimum absolute atomic E-state index is 0.00509. The maximum absolute atomic E-state index is 13.5. The molecule has 9 heteroatoms. The van der Waals surface area contributed by atoms with Crippen LogP contribution in [0.15, 0.2) is 42.5 Å². The van der Waals surface area contributed by atoms with Gasteiger partial charge in [-0.25, -0.2) is 4.39 Å². The molecule has 0 radical (unpaired) electrons. The number of nitrogens with zero attached hydrogens (tertiary/aromatic N) is 2. The molecule has 136 valence electrons. The fraction of sp³-hybridized carbons (Fsp3) is 0.118. The van der Waals surface area contributed by atoms with Crippen molar-refractivity contribution in [3.8, 4) is 11.1 Å². The first kappa shape index (κ1) is 18.1. The van der Waals surface area contributed by atoms with Crippen molar-refractivity contribution in [1.29, 1.82) is 0 Å². The number of aryl methyl sites for hydroxylation is 1. The van der Waals surface area contributed by atoms with Crippen molar-refractivity contribution in [2.45, 2.75) is 6.18 Å². The van der Waals surface area contributed by atoms with Gasteiger partial charge < -0.3 is 11.1 Å². The van der Waals surface area contributed by atoms with E-state index in [9.17, 15) is 17.6 Å². The number of benzene rings is 2. The van der Waals surface area contributed by atoms with Crippen LogP contribution in [0.4, 0.5) is 34.8 Å². The highest BCUT2D eigenvalue weighted by molar-refractivity contribution is 6.33. The van der Waals surface area contributed by atoms with Crippen molar-refractivity contribution in [1.82, 2.24) is 9.78 Å². The molecule has 1 heterocycles. The molecule has 3 N–H and O–H groups in total. The maximum Gasteiger partial charge on any atom is 0.435 e. The Kier molecular flexibility index (Phi) is 4.53. The molecule has 26 heavy (non-hydrogen) atoms. The van der Waals surface area contributed by atoms with Gasteiger partial charge in [-0.3, -0.25) is 4.68 Å². The van der Waals surface area contributed by atoms with Gasteiger partial charge in [0.1, 0.15) is 11.6 Å². The summed E-state index contributed by atoms with van der Waals surface area (Å²) in [5.41, 5.74) is 5.20. The van der Waals surface area contributed by atoms with E-state index in [1.54, 1.807) is 24.3 Å². The molecule has 0 atom stereocenters. The SMILES string of the molecule is Cn1nc(C(F)(F)F)c(-c2ccc(F)cc2Cl)c1Nc1ccccc1N. The lowest BCUT2D eigenvalue weighted by atomic mass is 10.0. The summed E-state index contributed by atoms with van der Waals surface area (Å²) in [6.07, 6.45) is -4.73. The van der Waals surface area contributed by atoms with Crippen LogP contribution in [-0.2, 0) is 13.2 Å². The van der Waals surface area contributed by atoms with Gasteiger partial charge in [0.2, 0.25) is 0 Å². The minimum Gasteiger partial charge on any atom is -0.397 e. The van der Waals surface area contributed by atoms with E-state index in [0.717, 1.165) is 16.8 Å². The van der Waals surface area contributed by atoms with Gasteiger partial charge in [-0.15, -0.1) is 0 Å². The van der Waals surface area contributed by atoms with Crippen molar-refractivity contribution in [3.63, 3.8) is 0 Å². The number of anilines is 3. The van der Waals surface area contributed by atoms with E-state index in [1.807, 2.05) is 0 Å². The number of para-hydroxylation sites is 2. The van der Waals surface area contributed by atoms with E-state index in [2.05, 4.69) is 10.4 Å². The van der Waals surface area contributed by atoms with Gasteiger partial charge >= 0.3 is 6.18 Å². The summed E-state index contributed by atoms with van der Waals surface area (Å²) in [6, 6.07) is 9.77. The average molecular weight is 385 g/mol. The van der Waals surface area contributed by atoms with Crippen molar-refractivity contribution in [3.05, 3.63) is 59.0 Å². The van der Waals surface area contributed by atoms with Crippen LogP contribution in [0.2, 0.25) is 5.02 Å². The molecule has 0 bridgehead atoms. The molecule has 3 aromatic rings. The summed E-state index contributed by atoms with van der Waals surface area (Å²) in [7, 11) is 1.36. The van der Waals surface area contributed by atoms with E-state index in [1.165, 1.54) is 13.1 Å². The van der Waals surface area contributed by atoms with Crippen LogP contribution in [0.3, 0.4) is 0 Å². The summed E-state index contributed by atoms with van der Waals surface area (Å²) >= 11 is 6.00. The number of nitrogens with one attached hydrogen (secondary N) is 1. The second-order valence-electron chi connectivity index (χ2n) is 5.53. The summed E-state index contributed by atoms with van der Waals surface area (Å²) in [5, 5.41) is 6.29. The molecule has 3 rings (SSSR count). The molecule has 1 aromatic heterocycles. The number of alkyl halides is 3. The molecule has 0 fully saturated rings. The quantitative estimate of drug-likeness (QED) is 0.480. The third kappa shape index (κ3) is 3.32. The molecule has 0 unspecified atom stereocenters.